The van der Waals surface area contributed by atoms with E-state index in [9.17, 15) is 0 Å². The van der Waals surface area contributed by atoms with E-state index in [4.69, 9.17) is 19.2 Å². The monoisotopic (exact) mass is 397 g/mol. The summed E-state index contributed by atoms with van der Waals surface area (Å²) in [6.45, 7) is 4.84. The van der Waals surface area contributed by atoms with Crippen LogP contribution in [0, 0.1) is 5.92 Å². The number of para-hydroxylation sites is 1. The lowest BCUT2D eigenvalue weighted by Gasteiger charge is -2.15. The second-order valence-electron chi connectivity index (χ2n) is 7.10. The molecule has 1 aliphatic carbocycles. The summed E-state index contributed by atoms with van der Waals surface area (Å²) in [5, 5.41) is 6.70. The van der Waals surface area contributed by atoms with Gasteiger partial charge in [0, 0.05) is 18.7 Å². The molecule has 0 spiro atoms. The van der Waals surface area contributed by atoms with Crippen molar-refractivity contribution in [3.63, 3.8) is 0 Å². The van der Waals surface area contributed by atoms with Crippen molar-refractivity contribution < 1.29 is 14.2 Å². The normalized spacial score (nSPS) is 13.7. The number of guanidine groups is 1. The lowest BCUT2D eigenvalue weighted by atomic mass is 10.2. The van der Waals surface area contributed by atoms with Crippen LogP contribution < -0.4 is 24.8 Å². The average Bonchev–Trinajstić information content (AvgIpc) is 3.59. The van der Waals surface area contributed by atoms with E-state index >= 15 is 0 Å². The molecule has 6 nitrogen and oxygen atoms in total. The van der Waals surface area contributed by atoms with Crippen LogP contribution in [-0.4, -0.2) is 33.3 Å². The van der Waals surface area contributed by atoms with Gasteiger partial charge in [0.15, 0.2) is 17.5 Å². The minimum atomic E-state index is 0.537. The highest BCUT2D eigenvalue weighted by atomic mass is 16.5. The van der Waals surface area contributed by atoms with Crippen LogP contribution >= 0.6 is 0 Å². The number of aliphatic imine (C=N–C) groups is 1. The zero-order chi connectivity index (χ0) is 20.5. The molecular weight excluding hydrogens is 366 g/mol. The van der Waals surface area contributed by atoms with Crippen molar-refractivity contribution in [2.45, 2.75) is 32.9 Å². The van der Waals surface area contributed by atoms with Crippen molar-refractivity contribution in [2.24, 2.45) is 10.9 Å². The third kappa shape index (κ3) is 6.31. The molecule has 2 aromatic rings. The van der Waals surface area contributed by atoms with E-state index in [-0.39, 0.29) is 0 Å². The molecule has 1 saturated carbocycles. The first-order valence-corrected chi connectivity index (χ1v) is 10.2. The summed E-state index contributed by atoms with van der Waals surface area (Å²) >= 11 is 0. The van der Waals surface area contributed by atoms with Gasteiger partial charge in [-0.25, -0.2) is 4.99 Å². The molecule has 156 valence electrons. The Hall–Kier alpha value is -2.89. The van der Waals surface area contributed by atoms with Gasteiger partial charge in [0.1, 0.15) is 5.75 Å². The Morgan fingerprint density at radius 1 is 1.00 bits per heavy atom. The largest absolute Gasteiger partial charge is 0.493 e. The fourth-order valence-electron chi connectivity index (χ4n) is 2.95. The molecule has 0 unspecified atom stereocenters. The summed E-state index contributed by atoms with van der Waals surface area (Å²) in [5.41, 5.74) is 2.18. The first-order chi connectivity index (χ1) is 14.2. The number of rotatable bonds is 10. The van der Waals surface area contributed by atoms with Crippen molar-refractivity contribution in [1.82, 2.24) is 10.6 Å². The van der Waals surface area contributed by atoms with Crippen molar-refractivity contribution in [3.05, 3.63) is 53.6 Å². The highest BCUT2D eigenvalue weighted by Gasteiger charge is 2.22. The van der Waals surface area contributed by atoms with Crippen LogP contribution in [0.5, 0.6) is 17.2 Å². The highest BCUT2D eigenvalue weighted by Crippen LogP contribution is 2.30. The summed E-state index contributed by atoms with van der Waals surface area (Å²) in [7, 11) is 3.27. The molecular formula is C23H31N3O3. The smallest absolute Gasteiger partial charge is 0.191 e. The highest BCUT2D eigenvalue weighted by molar-refractivity contribution is 5.79. The Bertz CT molecular complexity index is 819. The quantitative estimate of drug-likeness (QED) is 0.472. The van der Waals surface area contributed by atoms with E-state index in [1.165, 1.54) is 12.8 Å². The van der Waals surface area contributed by atoms with Gasteiger partial charge in [-0.3, -0.25) is 0 Å². The predicted molar refractivity (Wildman–Crippen MR) is 116 cm³/mol. The molecule has 0 heterocycles. The molecule has 3 rings (SSSR count). The molecule has 29 heavy (non-hydrogen) atoms. The number of hydrogen-bond donors (Lipinski definition) is 2. The number of benzene rings is 2. The van der Waals surface area contributed by atoms with E-state index in [1.54, 1.807) is 14.2 Å². The predicted octanol–water partition coefficient (Wildman–Crippen LogP) is 3.75. The first kappa shape index (κ1) is 20.8. The zero-order valence-corrected chi connectivity index (χ0v) is 17.5. The van der Waals surface area contributed by atoms with Crippen LogP contribution in [0.4, 0.5) is 0 Å². The summed E-state index contributed by atoms with van der Waals surface area (Å²) in [6, 6.07) is 14.0. The van der Waals surface area contributed by atoms with Crippen LogP contribution in [0.1, 0.15) is 30.9 Å². The average molecular weight is 398 g/mol. The molecule has 6 heteroatoms. The topological polar surface area (TPSA) is 64.1 Å². The lowest BCUT2D eigenvalue weighted by molar-refractivity contribution is 0.296. The molecule has 0 amide bonds. The van der Waals surface area contributed by atoms with Crippen LogP contribution in [0.2, 0.25) is 0 Å². The van der Waals surface area contributed by atoms with E-state index in [0.717, 1.165) is 41.9 Å². The Morgan fingerprint density at radius 3 is 2.52 bits per heavy atom. The Kier molecular flexibility index (Phi) is 7.61. The number of methoxy groups -OCH3 is 2. The minimum absolute atomic E-state index is 0.537. The zero-order valence-electron chi connectivity index (χ0n) is 17.5. The van der Waals surface area contributed by atoms with E-state index in [1.807, 2.05) is 36.4 Å². The molecule has 0 radical (unpaired) electrons. The number of nitrogens with zero attached hydrogens (tertiary/aromatic N) is 1. The fraction of sp³-hybridized carbons (Fsp3) is 0.435. The van der Waals surface area contributed by atoms with Gasteiger partial charge in [-0.05, 0) is 49.4 Å². The Labute approximate surface area is 173 Å². The second kappa shape index (κ2) is 10.6. The van der Waals surface area contributed by atoms with Gasteiger partial charge in [-0.2, -0.15) is 0 Å². The van der Waals surface area contributed by atoms with Crippen molar-refractivity contribution in [3.8, 4) is 17.2 Å². The minimum Gasteiger partial charge on any atom is -0.493 e. The summed E-state index contributed by atoms with van der Waals surface area (Å²) in [4.78, 5) is 4.70. The molecule has 1 aliphatic rings. The number of ether oxygens (including phenoxy) is 3. The van der Waals surface area contributed by atoms with Gasteiger partial charge >= 0.3 is 0 Å². The number of hydrogen-bond acceptors (Lipinski definition) is 4. The third-order valence-electron chi connectivity index (χ3n) is 4.80. The van der Waals surface area contributed by atoms with Crippen LogP contribution in [0.15, 0.2) is 47.5 Å². The summed E-state index contributed by atoms with van der Waals surface area (Å²) in [5.74, 6) is 3.87. The van der Waals surface area contributed by atoms with Crippen molar-refractivity contribution in [1.29, 1.82) is 0 Å². The summed E-state index contributed by atoms with van der Waals surface area (Å²) in [6.07, 6.45) is 2.57. The van der Waals surface area contributed by atoms with Crippen molar-refractivity contribution in [2.75, 3.05) is 27.4 Å². The molecule has 0 atom stereocenters. The maximum absolute atomic E-state index is 6.00. The van der Waals surface area contributed by atoms with Gasteiger partial charge in [0.2, 0.25) is 0 Å². The van der Waals surface area contributed by atoms with E-state index in [0.29, 0.717) is 24.6 Å². The maximum atomic E-state index is 6.00. The Balaban J connectivity index is 1.62. The Morgan fingerprint density at radius 2 is 1.79 bits per heavy atom. The number of nitrogens with one attached hydrogen (secondary N) is 2. The SMILES string of the molecule is CCNC(=NCc1ccc(OC)c(OC)c1)NCc1ccccc1OCC1CC1. The van der Waals surface area contributed by atoms with Gasteiger partial charge in [-0.15, -0.1) is 0 Å². The molecule has 0 saturated heterocycles. The fourth-order valence-corrected chi connectivity index (χ4v) is 2.95. The van der Waals surface area contributed by atoms with Gasteiger partial charge in [0.25, 0.3) is 0 Å². The molecule has 2 N–H and O–H groups in total. The molecule has 0 aromatic heterocycles. The maximum Gasteiger partial charge on any atom is 0.191 e. The van der Waals surface area contributed by atoms with Gasteiger partial charge < -0.3 is 24.8 Å². The first-order valence-electron chi connectivity index (χ1n) is 10.2. The molecule has 0 bridgehead atoms. The summed E-state index contributed by atoms with van der Waals surface area (Å²) < 4.78 is 16.7. The lowest BCUT2D eigenvalue weighted by Crippen LogP contribution is -2.36. The van der Waals surface area contributed by atoms with Crippen molar-refractivity contribution >= 4 is 5.96 Å². The van der Waals surface area contributed by atoms with Crippen LogP contribution in [0.3, 0.4) is 0 Å². The van der Waals surface area contributed by atoms with E-state index in [2.05, 4.69) is 23.6 Å². The van der Waals surface area contributed by atoms with Gasteiger partial charge in [0.05, 0.1) is 27.4 Å². The second-order valence-corrected chi connectivity index (χ2v) is 7.10. The van der Waals surface area contributed by atoms with Gasteiger partial charge in [-0.1, -0.05) is 24.3 Å². The molecule has 1 fully saturated rings. The standard InChI is InChI=1S/C23H31N3O3/c1-4-24-23(25-14-18-11-12-21(27-2)22(13-18)28-3)26-15-19-7-5-6-8-20(19)29-16-17-9-10-17/h5-8,11-13,17H,4,9-10,14-16H2,1-3H3,(H2,24,25,26). The van der Waals surface area contributed by atoms with Crippen LogP contribution in [0.25, 0.3) is 0 Å². The van der Waals surface area contributed by atoms with E-state index < -0.39 is 0 Å². The molecule has 2 aromatic carbocycles. The third-order valence-corrected chi connectivity index (χ3v) is 4.80. The van der Waals surface area contributed by atoms with Crippen LogP contribution in [-0.2, 0) is 13.1 Å². The molecule has 0 aliphatic heterocycles.